The van der Waals surface area contributed by atoms with Crippen molar-refractivity contribution in [1.29, 1.82) is 0 Å². The molecule has 4 atom stereocenters. The number of ether oxygens (including phenoxy) is 1. The lowest BCUT2D eigenvalue weighted by Crippen LogP contribution is -2.49. The third-order valence-corrected chi connectivity index (χ3v) is 11.4. The number of phosphoric acid groups is 2. The Morgan fingerprint density at radius 3 is 2.37 bits per heavy atom. The summed E-state index contributed by atoms with van der Waals surface area (Å²) >= 11 is 0. The minimum Gasteiger partial charge on any atom is -0.407 e. The highest BCUT2D eigenvalue weighted by Gasteiger charge is 2.54. The zero-order valence-electron chi connectivity index (χ0n) is 19.6. The number of aromatic amines is 1. The van der Waals surface area contributed by atoms with E-state index in [1.165, 1.54) is 10.9 Å². The second-order valence-corrected chi connectivity index (χ2v) is 16.7. The summed E-state index contributed by atoms with van der Waals surface area (Å²) in [7, 11) is -12.8. The maximum Gasteiger partial charge on any atom is 0.470 e. The van der Waals surface area contributed by atoms with Gasteiger partial charge in [-0.2, -0.15) is 4.98 Å². The molecule has 198 valence electrons. The fraction of sp³-hybridized carbons (Fsp3) is 0.688. The molecule has 1 aliphatic rings. The summed E-state index contributed by atoms with van der Waals surface area (Å²) in [5, 5.41) is -0.360. The molecule has 0 spiro atoms. The molecule has 16 nitrogen and oxygen atoms in total. The van der Waals surface area contributed by atoms with Gasteiger partial charge in [0, 0.05) is 0 Å². The van der Waals surface area contributed by atoms with Crippen LogP contribution in [0.5, 0.6) is 0 Å². The van der Waals surface area contributed by atoms with E-state index in [-0.39, 0.29) is 22.2 Å². The SMILES string of the molecule is CC(C)(C)[Si](C)(C)OC1C(OP(=O)(O)O)[C@@H](COP(=O)(O)O)O[C@H]1n1cnc2c(=O)[nH]c(N)nc21. The van der Waals surface area contributed by atoms with Crippen molar-refractivity contribution in [2.75, 3.05) is 12.3 Å². The zero-order chi connectivity index (χ0) is 26.6. The van der Waals surface area contributed by atoms with Gasteiger partial charge in [0.2, 0.25) is 5.95 Å². The van der Waals surface area contributed by atoms with Gasteiger partial charge in [-0.15, -0.1) is 0 Å². The number of nitrogens with zero attached hydrogens (tertiary/aromatic N) is 3. The molecule has 2 unspecified atom stereocenters. The van der Waals surface area contributed by atoms with Gasteiger partial charge in [-0.25, -0.2) is 14.1 Å². The molecule has 2 aromatic heterocycles. The molecule has 7 N–H and O–H groups in total. The summed E-state index contributed by atoms with van der Waals surface area (Å²) in [5.41, 5.74) is 4.95. The number of phosphoric ester groups is 2. The van der Waals surface area contributed by atoms with Crippen molar-refractivity contribution in [3.8, 4) is 0 Å². The van der Waals surface area contributed by atoms with Crippen molar-refractivity contribution in [2.24, 2.45) is 0 Å². The molecular formula is C16H29N5O11P2Si. The summed E-state index contributed by atoms with van der Waals surface area (Å²) < 4.78 is 46.3. The molecular weight excluding hydrogens is 528 g/mol. The number of imidazole rings is 1. The van der Waals surface area contributed by atoms with Crippen molar-refractivity contribution < 1.29 is 46.9 Å². The van der Waals surface area contributed by atoms with Gasteiger partial charge in [-0.1, -0.05) is 20.8 Å². The van der Waals surface area contributed by atoms with Crippen molar-refractivity contribution in [3.05, 3.63) is 16.7 Å². The zero-order valence-corrected chi connectivity index (χ0v) is 22.3. The Morgan fingerprint density at radius 1 is 1.20 bits per heavy atom. The van der Waals surface area contributed by atoms with Crippen LogP contribution in [0.3, 0.4) is 0 Å². The molecule has 0 bridgehead atoms. The van der Waals surface area contributed by atoms with Crippen LogP contribution in [0, 0.1) is 0 Å². The van der Waals surface area contributed by atoms with E-state index in [1.54, 1.807) is 0 Å². The first-order chi connectivity index (χ1) is 15.8. The van der Waals surface area contributed by atoms with Crippen molar-refractivity contribution in [2.45, 2.75) is 63.4 Å². The van der Waals surface area contributed by atoms with Gasteiger partial charge in [-0.05, 0) is 18.1 Å². The van der Waals surface area contributed by atoms with E-state index in [0.717, 1.165) is 0 Å². The molecule has 0 radical (unpaired) electrons. The van der Waals surface area contributed by atoms with Crippen LogP contribution in [0.1, 0.15) is 27.0 Å². The lowest BCUT2D eigenvalue weighted by Gasteiger charge is -2.40. The molecule has 0 aromatic carbocycles. The van der Waals surface area contributed by atoms with Crippen molar-refractivity contribution in [1.82, 2.24) is 19.5 Å². The molecule has 1 saturated heterocycles. The molecule has 0 saturated carbocycles. The van der Waals surface area contributed by atoms with E-state index < -0.39 is 60.7 Å². The molecule has 2 aromatic rings. The van der Waals surface area contributed by atoms with E-state index in [9.17, 15) is 23.7 Å². The first-order valence-electron chi connectivity index (χ1n) is 10.3. The highest BCUT2D eigenvalue weighted by Crippen LogP contribution is 2.49. The van der Waals surface area contributed by atoms with E-state index in [2.05, 4.69) is 19.5 Å². The summed E-state index contributed by atoms with van der Waals surface area (Å²) in [6.07, 6.45) is -4.18. The lowest BCUT2D eigenvalue weighted by molar-refractivity contribution is -0.0487. The molecule has 3 heterocycles. The molecule has 0 aliphatic carbocycles. The molecule has 3 rings (SSSR count). The van der Waals surface area contributed by atoms with Crippen LogP contribution < -0.4 is 11.3 Å². The van der Waals surface area contributed by atoms with Crippen LogP contribution in [0.25, 0.3) is 11.2 Å². The van der Waals surface area contributed by atoms with Crippen molar-refractivity contribution in [3.63, 3.8) is 0 Å². The fourth-order valence-corrected chi connectivity index (χ4v) is 5.49. The predicted octanol–water partition coefficient (Wildman–Crippen LogP) is 0.577. The topological polar surface area (TPSA) is 242 Å². The maximum absolute atomic E-state index is 12.2. The molecule has 0 amide bonds. The third-order valence-electron chi connectivity index (χ3n) is 5.91. The van der Waals surface area contributed by atoms with E-state index >= 15 is 0 Å². The predicted molar refractivity (Wildman–Crippen MR) is 123 cm³/mol. The standard InChI is InChI=1S/C16H29N5O11P2Si/c1-16(2,3)35(4,5)32-11-10(31-34(26,27)28)8(6-29-33(23,24)25)30-14(11)21-7-18-9-12(21)19-15(17)20-13(9)22/h7-8,10-11,14H,6H2,1-5H3,(H2,23,24,25)(H2,26,27,28)(H3,17,19,20,22)/t8-,10?,11?,14-/m1/s1. The number of aromatic nitrogens is 4. The average Bonchev–Trinajstić information content (AvgIpc) is 3.19. The number of nitrogen functional groups attached to an aromatic ring is 1. The number of H-pyrrole nitrogens is 1. The fourth-order valence-electron chi connectivity index (χ4n) is 3.29. The number of hydrogen-bond acceptors (Lipinski definition) is 10. The van der Waals surface area contributed by atoms with E-state index in [1.807, 2.05) is 33.9 Å². The van der Waals surface area contributed by atoms with Crippen LogP contribution in [0.15, 0.2) is 11.1 Å². The highest BCUT2D eigenvalue weighted by atomic mass is 31.2. The second-order valence-electron chi connectivity index (χ2n) is 9.53. The third kappa shape index (κ3) is 6.45. The number of nitrogens with two attached hydrogens (primary N) is 1. The Kier molecular flexibility index (Phi) is 7.56. The van der Waals surface area contributed by atoms with Crippen LogP contribution in [0.2, 0.25) is 18.1 Å². The number of hydrogen-bond donors (Lipinski definition) is 6. The number of rotatable bonds is 8. The first-order valence-corrected chi connectivity index (χ1v) is 16.3. The average molecular weight is 557 g/mol. The van der Waals surface area contributed by atoms with E-state index in [0.29, 0.717) is 0 Å². The Morgan fingerprint density at radius 2 is 1.83 bits per heavy atom. The van der Waals surface area contributed by atoms with Gasteiger partial charge in [-0.3, -0.25) is 23.4 Å². The highest BCUT2D eigenvalue weighted by molar-refractivity contribution is 7.46. The smallest absolute Gasteiger partial charge is 0.407 e. The molecule has 35 heavy (non-hydrogen) atoms. The van der Waals surface area contributed by atoms with Gasteiger partial charge in [0.1, 0.15) is 18.3 Å². The Balaban J connectivity index is 2.14. The van der Waals surface area contributed by atoms with Crippen molar-refractivity contribution >= 4 is 41.1 Å². The largest absolute Gasteiger partial charge is 0.470 e. The van der Waals surface area contributed by atoms with Gasteiger partial charge in [0.15, 0.2) is 25.7 Å². The maximum atomic E-state index is 12.2. The minimum absolute atomic E-state index is 0.00781. The molecule has 1 fully saturated rings. The van der Waals surface area contributed by atoms with Crippen LogP contribution in [0.4, 0.5) is 5.95 Å². The van der Waals surface area contributed by atoms with Crippen LogP contribution in [-0.2, 0) is 27.3 Å². The normalized spacial score (nSPS) is 24.4. The summed E-state index contributed by atoms with van der Waals surface area (Å²) in [4.78, 5) is 60.1. The van der Waals surface area contributed by atoms with Crippen LogP contribution >= 0.6 is 15.6 Å². The molecule has 19 heteroatoms. The van der Waals surface area contributed by atoms with E-state index in [4.69, 9.17) is 29.2 Å². The minimum atomic E-state index is -5.14. The number of nitrogens with one attached hydrogen (secondary N) is 1. The van der Waals surface area contributed by atoms with Crippen LogP contribution in [-0.4, -0.2) is 72.3 Å². The Labute approximate surface area is 200 Å². The number of fused-ring (bicyclic) bond motifs is 1. The summed E-state index contributed by atoms with van der Waals surface area (Å²) in [6.45, 7) is 8.78. The lowest BCUT2D eigenvalue weighted by atomic mass is 10.1. The number of anilines is 1. The Hall–Kier alpha value is -1.49. The Bertz CT molecular complexity index is 1230. The first kappa shape index (κ1) is 28.1. The molecule has 1 aliphatic heterocycles. The van der Waals surface area contributed by atoms with Gasteiger partial charge in [0.05, 0.1) is 12.9 Å². The van der Waals surface area contributed by atoms with Gasteiger partial charge < -0.3 is 34.5 Å². The van der Waals surface area contributed by atoms with Gasteiger partial charge in [0.25, 0.3) is 5.56 Å². The summed E-state index contributed by atoms with van der Waals surface area (Å²) in [6, 6.07) is 0. The second kappa shape index (κ2) is 9.43. The quantitative estimate of drug-likeness (QED) is 0.192. The van der Waals surface area contributed by atoms with Gasteiger partial charge >= 0.3 is 15.6 Å². The monoisotopic (exact) mass is 557 g/mol. The summed E-state index contributed by atoms with van der Waals surface area (Å²) in [5.74, 6) is -0.214.